The number of rotatable bonds is 6. The van der Waals surface area contributed by atoms with Gasteiger partial charge in [0.1, 0.15) is 0 Å². The second kappa shape index (κ2) is 8.96. The topological polar surface area (TPSA) is 95.9 Å². The second-order valence-corrected chi connectivity index (χ2v) is 9.46. The first-order valence-electron chi connectivity index (χ1n) is 10.8. The van der Waals surface area contributed by atoms with Crippen LogP contribution in [-0.4, -0.2) is 38.1 Å². The van der Waals surface area contributed by atoms with E-state index in [1.807, 2.05) is 54.0 Å². The molecule has 5 rings (SSSR count). The minimum absolute atomic E-state index is 0.0625. The Morgan fingerprint density at radius 1 is 1.32 bits per heavy atom. The van der Waals surface area contributed by atoms with Crippen molar-refractivity contribution in [2.24, 2.45) is 5.92 Å². The van der Waals surface area contributed by atoms with Crippen LogP contribution in [0.25, 0.3) is 21.5 Å². The number of thiazole rings is 1. The maximum absolute atomic E-state index is 13.1. The Morgan fingerprint density at radius 2 is 2.12 bits per heavy atom. The van der Waals surface area contributed by atoms with Crippen LogP contribution >= 0.6 is 23.6 Å². The molecule has 4 aromatic rings. The van der Waals surface area contributed by atoms with Gasteiger partial charge in [-0.05, 0) is 30.6 Å². The summed E-state index contributed by atoms with van der Waals surface area (Å²) in [5.74, 6) is -0.0955. The number of H-pyrrole nitrogens is 1. The van der Waals surface area contributed by atoms with Crippen LogP contribution in [0.15, 0.2) is 55.1 Å². The van der Waals surface area contributed by atoms with Gasteiger partial charge in [-0.1, -0.05) is 53.8 Å². The predicted molar refractivity (Wildman–Crippen MR) is 136 cm³/mol. The van der Waals surface area contributed by atoms with Crippen molar-refractivity contribution in [1.29, 1.82) is 0 Å². The molecule has 1 atom stereocenters. The molecular weight excluding hydrogens is 468 g/mol. The first-order chi connectivity index (χ1) is 16.5. The first-order valence-corrected chi connectivity index (χ1v) is 12.0. The Bertz CT molecular complexity index is 1480. The molecule has 2 N–H and O–H groups in total. The van der Waals surface area contributed by atoms with E-state index in [-0.39, 0.29) is 18.2 Å². The lowest BCUT2D eigenvalue weighted by molar-refractivity contribution is -0.122. The minimum atomic E-state index is -0.463. The average Bonchev–Trinajstić information content (AvgIpc) is 3.50. The van der Waals surface area contributed by atoms with Gasteiger partial charge in [-0.3, -0.25) is 19.3 Å². The van der Waals surface area contributed by atoms with Crippen LogP contribution in [-0.2, 0) is 16.1 Å². The van der Waals surface area contributed by atoms with Gasteiger partial charge in [0.2, 0.25) is 11.8 Å². The number of hydrogen-bond acceptors (Lipinski definition) is 6. The summed E-state index contributed by atoms with van der Waals surface area (Å²) in [5, 5.41) is 12.5. The first kappa shape index (κ1) is 22.2. The number of benzene rings is 2. The zero-order chi connectivity index (χ0) is 23.8. The number of amides is 2. The monoisotopic (exact) mass is 490 g/mol. The van der Waals surface area contributed by atoms with Gasteiger partial charge in [0.15, 0.2) is 15.7 Å². The van der Waals surface area contributed by atoms with Crippen molar-refractivity contribution in [2.75, 3.05) is 16.8 Å². The van der Waals surface area contributed by atoms with Crippen LogP contribution in [0, 0.1) is 17.6 Å². The van der Waals surface area contributed by atoms with Gasteiger partial charge >= 0.3 is 0 Å². The van der Waals surface area contributed by atoms with Gasteiger partial charge in [0.05, 0.1) is 22.2 Å². The molecule has 2 aromatic heterocycles. The molecule has 0 radical (unpaired) electrons. The van der Waals surface area contributed by atoms with Crippen molar-refractivity contribution in [1.82, 2.24) is 19.7 Å². The molecule has 1 saturated heterocycles. The molecule has 0 saturated carbocycles. The zero-order valence-corrected chi connectivity index (χ0v) is 20.1. The van der Waals surface area contributed by atoms with Crippen LogP contribution in [0.5, 0.6) is 0 Å². The molecule has 1 aliphatic rings. The number of anilines is 2. The van der Waals surface area contributed by atoms with Crippen molar-refractivity contribution in [2.45, 2.75) is 19.9 Å². The number of carbonyl (C=O) groups is 2. The fraction of sp³-hybridized carbons (Fsp3) is 0.208. The molecule has 10 heteroatoms. The number of nitrogens with zero attached hydrogens (tertiary/aromatic N) is 4. The molecule has 0 aliphatic carbocycles. The predicted octanol–water partition coefficient (Wildman–Crippen LogP) is 4.70. The highest BCUT2D eigenvalue weighted by atomic mass is 32.1. The summed E-state index contributed by atoms with van der Waals surface area (Å²) in [7, 11) is 0. The fourth-order valence-electron chi connectivity index (χ4n) is 4.21. The molecule has 1 unspecified atom stereocenters. The van der Waals surface area contributed by atoms with Crippen molar-refractivity contribution in [3.05, 3.63) is 65.6 Å². The van der Waals surface area contributed by atoms with Crippen LogP contribution in [0.3, 0.4) is 0 Å². The Kier molecular flexibility index (Phi) is 5.84. The zero-order valence-electron chi connectivity index (χ0n) is 18.4. The normalized spacial score (nSPS) is 15.7. The smallest absolute Gasteiger partial charge is 0.231 e. The molecule has 0 bridgehead atoms. The molecule has 0 spiro atoms. The third kappa shape index (κ3) is 3.95. The second-order valence-electron chi connectivity index (χ2n) is 8.08. The highest BCUT2D eigenvalue weighted by Gasteiger charge is 2.36. The standard InChI is InChI=1S/C24H22N6O2S2/c1-3-11-29-21(27-28-24(29)33)20-14(2)25-23(34-20)26-22(32)16-12-19(31)30(13-16)18-10-6-8-15-7-4-5-9-17(15)18/h3-10,16H,1,11-13H2,2H3,(H,28,33)(H,25,26,32). The summed E-state index contributed by atoms with van der Waals surface area (Å²) in [5.41, 5.74) is 1.57. The van der Waals surface area contributed by atoms with Crippen molar-refractivity contribution in [3.63, 3.8) is 0 Å². The maximum Gasteiger partial charge on any atom is 0.231 e. The van der Waals surface area contributed by atoms with Crippen LogP contribution in [0.1, 0.15) is 12.1 Å². The van der Waals surface area contributed by atoms with E-state index < -0.39 is 5.92 Å². The van der Waals surface area contributed by atoms with Gasteiger partial charge in [0.25, 0.3) is 0 Å². The Morgan fingerprint density at radius 3 is 2.94 bits per heavy atom. The Balaban J connectivity index is 1.35. The van der Waals surface area contributed by atoms with E-state index in [1.165, 1.54) is 11.3 Å². The summed E-state index contributed by atoms with van der Waals surface area (Å²) >= 11 is 6.63. The molecule has 172 valence electrons. The van der Waals surface area contributed by atoms with Crippen LogP contribution < -0.4 is 10.2 Å². The molecule has 34 heavy (non-hydrogen) atoms. The van der Waals surface area contributed by atoms with E-state index in [0.29, 0.717) is 28.8 Å². The number of aromatic amines is 1. The number of fused-ring (bicyclic) bond motifs is 1. The molecule has 2 amide bonds. The van der Waals surface area contributed by atoms with Crippen molar-refractivity contribution >= 4 is 57.0 Å². The van der Waals surface area contributed by atoms with Crippen LogP contribution in [0.4, 0.5) is 10.8 Å². The highest BCUT2D eigenvalue weighted by Crippen LogP contribution is 2.34. The van der Waals surface area contributed by atoms with Gasteiger partial charge in [-0.15, -0.1) is 6.58 Å². The number of hydrogen-bond donors (Lipinski definition) is 2. The third-order valence-electron chi connectivity index (χ3n) is 5.85. The van der Waals surface area contributed by atoms with E-state index in [0.717, 1.165) is 27.0 Å². The molecule has 1 aliphatic heterocycles. The number of aryl methyl sites for hydroxylation is 1. The number of nitrogens with one attached hydrogen (secondary N) is 2. The van der Waals surface area contributed by atoms with E-state index in [2.05, 4.69) is 27.1 Å². The fourth-order valence-corrected chi connectivity index (χ4v) is 5.39. The third-order valence-corrected chi connectivity index (χ3v) is 7.23. The molecule has 1 fully saturated rings. The molecule has 8 nitrogen and oxygen atoms in total. The van der Waals surface area contributed by atoms with E-state index in [1.54, 1.807) is 11.0 Å². The lowest BCUT2D eigenvalue weighted by Crippen LogP contribution is -2.28. The van der Waals surface area contributed by atoms with Crippen molar-refractivity contribution in [3.8, 4) is 10.7 Å². The minimum Gasteiger partial charge on any atom is -0.311 e. The lowest BCUT2D eigenvalue weighted by atomic mass is 10.1. The van der Waals surface area contributed by atoms with Crippen molar-refractivity contribution < 1.29 is 9.59 Å². The molecular formula is C24H22N6O2S2. The number of allylic oxidation sites excluding steroid dienone is 1. The quantitative estimate of drug-likeness (QED) is 0.302. The largest absolute Gasteiger partial charge is 0.311 e. The summed E-state index contributed by atoms with van der Waals surface area (Å²) in [6.07, 6.45) is 1.90. The summed E-state index contributed by atoms with van der Waals surface area (Å²) in [6, 6.07) is 13.8. The van der Waals surface area contributed by atoms with E-state index >= 15 is 0 Å². The Labute approximate surface area is 204 Å². The summed E-state index contributed by atoms with van der Waals surface area (Å²) < 4.78 is 2.32. The SMILES string of the molecule is C=CCn1c(-c2sc(NC(=O)C3CC(=O)N(c4cccc5ccccc45)C3)nc2C)n[nH]c1=S. The lowest BCUT2D eigenvalue weighted by Gasteiger charge is -2.18. The molecule has 2 aromatic carbocycles. The number of aromatic nitrogens is 4. The summed E-state index contributed by atoms with van der Waals surface area (Å²) in [4.78, 5) is 32.9. The van der Waals surface area contributed by atoms with Gasteiger partial charge in [-0.25, -0.2) is 4.98 Å². The van der Waals surface area contributed by atoms with E-state index in [4.69, 9.17) is 12.2 Å². The van der Waals surface area contributed by atoms with Gasteiger partial charge in [-0.2, -0.15) is 5.10 Å². The molecule has 3 heterocycles. The van der Waals surface area contributed by atoms with Crippen LogP contribution in [0.2, 0.25) is 0 Å². The summed E-state index contributed by atoms with van der Waals surface area (Å²) in [6.45, 7) is 6.46. The Hall–Kier alpha value is -3.63. The number of carbonyl (C=O) groups excluding carboxylic acids is 2. The van der Waals surface area contributed by atoms with Gasteiger partial charge in [0, 0.05) is 24.9 Å². The maximum atomic E-state index is 13.1. The average molecular weight is 491 g/mol. The van der Waals surface area contributed by atoms with E-state index in [9.17, 15) is 9.59 Å². The highest BCUT2D eigenvalue weighted by molar-refractivity contribution is 7.71. The van der Waals surface area contributed by atoms with Gasteiger partial charge < -0.3 is 10.2 Å².